The summed E-state index contributed by atoms with van der Waals surface area (Å²) in [6.45, 7) is 7.29. The number of urea groups is 1. The summed E-state index contributed by atoms with van der Waals surface area (Å²) in [4.78, 5) is 20.4. The number of benzene rings is 1. The normalized spacial score (nSPS) is 21.7. The number of carbonyl (C=O) groups excluding carboxylic acids is 1. The number of guanidine groups is 1. The minimum Gasteiger partial charge on any atom is -0.357 e. The van der Waals surface area contributed by atoms with Gasteiger partial charge in [0.1, 0.15) is 0 Å². The van der Waals surface area contributed by atoms with Crippen molar-refractivity contribution < 1.29 is 4.79 Å². The van der Waals surface area contributed by atoms with Crippen LogP contribution in [0.5, 0.6) is 0 Å². The molecular formula is C21H34N6O. The molecule has 2 fully saturated rings. The van der Waals surface area contributed by atoms with Gasteiger partial charge >= 0.3 is 6.03 Å². The molecule has 2 amide bonds. The predicted octanol–water partition coefficient (Wildman–Crippen LogP) is 1.75. The molecule has 1 aromatic rings. The van der Waals surface area contributed by atoms with Gasteiger partial charge in [-0.15, -0.1) is 0 Å². The summed E-state index contributed by atoms with van der Waals surface area (Å²) in [7, 11) is 0. The van der Waals surface area contributed by atoms with Gasteiger partial charge in [-0.1, -0.05) is 30.3 Å². The topological polar surface area (TPSA) is 86.0 Å². The van der Waals surface area contributed by atoms with E-state index >= 15 is 0 Å². The first-order valence-electron chi connectivity index (χ1n) is 10.5. The quantitative estimate of drug-likeness (QED) is 0.514. The van der Waals surface area contributed by atoms with Crippen molar-refractivity contribution in [2.75, 3.05) is 32.7 Å². The van der Waals surface area contributed by atoms with Gasteiger partial charge in [0, 0.05) is 38.3 Å². The molecule has 2 saturated heterocycles. The molecule has 0 aromatic heterocycles. The van der Waals surface area contributed by atoms with E-state index in [0.29, 0.717) is 25.2 Å². The number of likely N-dealkylation sites (tertiary alicyclic amines) is 2. The Hall–Kier alpha value is -2.28. The van der Waals surface area contributed by atoms with Crippen molar-refractivity contribution in [3.63, 3.8) is 0 Å². The molecule has 28 heavy (non-hydrogen) atoms. The lowest BCUT2D eigenvalue weighted by atomic mass is 10.1. The molecule has 7 heteroatoms. The van der Waals surface area contributed by atoms with Gasteiger partial charge in [0.25, 0.3) is 0 Å². The van der Waals surface area contributed by atoms with Crippen LogP contribution in [-0.4, -0.2) is 66.6 Å². The summed E-state index contributed by atoms with van der Waals surface area (Å²) in [6.07, 6.45) is 4.24. The fourth-order valence-corrected chi connectivity index (χ4v) is 4.08. The average molecular weight is 387 g/mol. The molecule has 2 heterocycles. The molecule has 0 aliphatic carbocycles. The minimum atomic E-state index is -0.321. The zero-order chi connectivity index (χ0) is 19.8. The van der Waals surface area contributed by atoms with Crippen molar-refractivity contribution in [2.24, 2.45) is 10.7 Å². The van der Waals surface area contributed by atoms with Crippen molar-refractivity contribution >= 4 is 12.0 Å². The molecule has 1 aromatic carbocycles. The number of piperidine rings is 1. The second kappa shape index (κ2) is 10.3. The predicted molar refractivity (Wildman–Crippen MR) is 113 cm³/mol. The molecule has 0 spiro atoms. The number of aliphatic imine (C=N–C) groups is 1. The van der Waals surface area contributed by atoms with Gasteiger partial charge in [0.05, 0.1) is 6.54 Å². The summed E-state index contributed by atoms with van der Waals surface area (Å²) < 4.78 is 0. The molecule has 4 N–H and O–H groups in total. The first-order chi connectivity index (χ1) is 13.7. The van der Waals surface area contributed by atoms with E-state index in [2.05, 4.69) is 52.8 Å². The number of carbonyl (C=O) groups is 1. The van der Waals surface area contributed by atoms with Crippen molar-refractivity contribution in [3.8, 4) is 0 Å². The first-order valence-corrected chi connectivity index (χ1v) is 10.5. The molecule has 0 radical (unpaired) electrons. The van der Waals surface area contributed by atoms with Crippen LogP contribution in [-0.2, 0) is 6.54 Å². The maximum absolute atomic E-state index is 11.3. The van der Waals surface area contributed by atoms with E-state index in [1.54, 1.807) is 4.90 Å². The zero-order valence-corrected chi connectivity index (χ0v) is 16.9. The minimum absolute atomic E-state index is 0.321. The Labute approximate surface area is 168 Å². The van der Waals surface area contributed by atoms with Gasteiger partial charge in [-0.3, -0.25) is 9.89 Å². The van der Waals surface area contributed by atoms with Crippen LogP contribution in [0.4, 0.5) is 4.79 Å². The van der Waals surface area contributed by atoms with Crippen LogP contribution < -0.4 is 16.4 Å². The van der Waals surface area contributed by atoms with Gasteiger partial charge < -0.3 is 21.3 Å². The highest BCUT2D eigenvalue weighted by atomic mass is 16.2. The molecule has 154 valence electrons. The van der Waals surface area contributed by atoms with Crippen molar-refractivity contribution in [3.05, 3.63) is 35.9 Å². The highest BCUT2D eigenvalue weighted by Gasteiger charge is 2.25. The molecule has 1 unspecified atom stereocenters. The third-order valence-corrected chi connectivity index (χ3v) is 5.68. The number of primary amides is 1. The number of hydrogen-bond acceptors (Lipinski definition) is 3. The van der Waals surface area contributed by atoms with Crippen molar-refractivity contribution in [2.45, 2.75) is 51.2 Å². The van der Waals surface area contributed by atoms with E-state index in [0.717, 1.165) is 45.0 Å². The molecule has 2 aliphatic heterocycles. The third kappa shape index (κ3) is 5.86. The molecule has 3 rings (SSSR count). The molecule has 0 saturated carbocycles. The van der Waals surface area contributed by atoms with Crippen LogP contribution in [0, 0.1) is 0 Å². The Bertz CT molecular complexity index is 642. The maximum Gasteiger partial charge on any atom is 0.314 e. The molecule has 2 aliphatic rings. The van der Waals surface area contributed by atoms with E-state index in [1.165, 1.54) is 18.4 Å². The van der Waals surface area contributed by atoms with Crippen molar-refractivity contribution in [1.82, 2.24) is 20.4 Å². The van der Waals surface area contributed by atoms with Crippen LogP contribution >= 0.6 is 0 Å². The zero-order valence-electron chi connectivity index (χ0n) is 16.9. The average Bonchev–Trinajstić information content (AvgIpc) is 3.14. The van der Waals surface area contributed by atoms with Crippen molar-refractivity contribution in [1.29, 1.82) is 0 Å². The number of amides is 2. The fraction of sp³-hybridized carbons (Fsp3) is 0.619. The highest BCUT2D eigenvalue weighted by molar-refractivity contribution is 5.80. The summed E-state index contributed by atoms with van der Waals surface area (Å²) in [5, 5.41) is 6.91. The van der Waals surface area contributed by atoms with E-state index in [1.807, 2.05) is 0 Å². The Morgan fingerprint density at radius 2 is 1.93 bits per heavy atom. The molecular weight excluding hydrogens is 352 g/mol. The van der Waals surface area contributed by atoms with Crippen LogP contribution in [0.25, 0.3) is 0 Å². The van der Waals surface area contributed by atoms with E-state index in [-0.39, 0.29) is 6.03 Å². The second-order valence-electron chi connectivity index (χ2n) is 7.72. The maximum atomic E-state index is 11.3. The van der Waals surface area contributed by atoms with Crippen LogP contribution in [0.3, 0.4) is 0 Å². The summed E-state index contributed by atoms with van der Waals surface area (Å²) in [5.41, 5.74) is 6.74. The lowest BCUT2D eigenvalue weighted by Crippen LogP contribution is -2.51. The number of hydrogen-bond donors (Lipinski definition) is 3. The highest BCUT2D eigenvalue weighted by Crippen LogP contribution is 2.20. The van der Waals surface area contributed by atoms with Crippen LogP contribution in [0.15, 0.2) is 35.3 Å². The van der Waals surface area contributed by atoms with Crippen LogP contribution in [0.1, 0.15) is 38.2 Å². The lowest BCUT2D eigenvalue weighted by molar-refractivity contribution is 0.188. The molecule has 1 atom stereocenters. The lowest BCUT2D eigenvalue weighted by Gasteiger charge is -2.32. The number of rotatable bonds is 6. The van der Waals surface area contributed by atoms with Crippen LogP contribution in [0.2, 0.25) is 0 Å². The monoisotopic (exact) mass is 386 g/mol. The standard InChI is InChI=1S/C21H34N6O/c1-2-23-21(25-18-10-13-26(14-11-18)20(22)28)24-15-19-9-6-12-27(19)16-17-7-4-3-5-8-17/h3-5,7-8,18-19H,2,6,9-16H2,1H3,(H2,22,28)(H2,23,24,25). The largest absolute Gasteiger partial charge is 0.357 e. The second-order valence-corrected chi connectivity index (χ2v) is 7.72. The number of nitrogens with two attached hydrogens (primary N) is 1. The Morgan fingerprint density at radius 3 is 2.61 bits per heavy atom. The SMILES string of the molecule is CCNC(=NCC1CCCN1Cc1ccccc1)NC1CCN(C(N)=O)CC1. The Balaban J connectivity index is 1.52. The third-order valence-electron chi connectivity index (χ3n) is 5.68. The number of nitrogens with one attached hydrogen (secondary N) is 2. The van der Waals surface area contributed by atoms with Gasteiger partial charge in [0.2, 0.25) is 0 Å². The van der Waals surface area contributed by atoms with E-state index in [4.69, 9.17) is 10.7 Å². The molecule has 0 bridgehead atoms. The van der Waals surface area contributed by atoms with E-state index < -0.39 is 0 Å². The Kier molecular flexibility index (Phi) is 7.54. The summed E-state index contributed by atoms with van der Waals surface area (Å²) in [5.74, 6) is 0.881. The summed E-state index contributed by atoms with van der Waals surface area (Å²) >= 11 is 0. The first kappa shape index (κ1) is 20.5. The van der Waals surface area contributed by atoms with Gasteiger partial charge in [0.15, 0.2) is 5.96 Å². The fourth-order valence-electron chi connectivity index (χ4n) is 4.08. The van der Waals surface area contributed by atoms with Gasteiger partial charge in [-0.25, -0.2) is 4.79 Å². The number of nitrogens with zero attached hydrogens (tertiary/aromatic N) is 3. The van der Waals surface area contributed by atoms with E-state index in [9.17, 15) is 4.79 Å². The van der Waals surface area contributed by atoms with Gasteiger partial charge in [-0.2, -0.15) is 0 Å². The summed E-state index contributed by atoms with van der Waals surface area (Å²) in [6, 6.07) is 11.2. The smallest absolute Gasteiger partial charge is 0.314 e. The molecule has 7 nitrogen and oxygen atoms in total. The Morgan fingerprint density at radius 1 is 1.18 bits per heavy atom. The van der Waals surface area contributed by atoms with Gasteiger partial charge in [-0.05, 0) is 44.7 Å².